The third kappa shape index (κ3) is 3.22. The zero-order valence-electron chi connectivity index (χ0n) is 15.6. The molecule has 1 amide bonds. The fraction of sp³-hybridized carbons (Fsp3) is 0.300. The number of amides is 1. The molecule has 3 heterocycles. The van der Waals surface area contributed by atoms with Gasteiger partial charge in [-0.15, -0.1) is 0 Å². The minimum absolute atomic E-state index is 0.0224. The number of rotatable bonds is 3. The van der Waals surface area contributed by atoms with E-state index < -0.39 is 0 Å². The summed E-state index contributed by atoms with van der Waals surface area (Å²) in [5, 5.41) is 3.86. The quantitative estimate of drug-likeness (QED) is 0.715. The first-order chi connectivity index (χ1) is 13.6. The molecule has 1 aliphatic rings. The lowest BCUT2D eigenvalue weighted by molar-refractivity contribution is -0.117. The maximum Gasteiger partial charge on any atom is 0.258 e. The Morgan fingerprint density at radius 3 is 2.64 bits per heavy atom. The van der Waals surface area contributed by atoms with Crippen LogP contribution in [0, 0.1) is 0 Å². The molecule has 1 saturated heterocycles. The largest absolute Gasteiger partial charge is 0.398 e. The minimum atomic E-state index is -0.280. The number of anilines is 2. The number of carbonyl (C=O) groups is 1. The Balaban J connectivity index is 1.92. The van der Waals surface area contributed by atoms with Crippen LogP contribution in [-0.2, 0) is 4.79 Å². The molecule has 0 bridgehead atoms. The second-order valence-electron chi connectivity index (χ2n) is 6.89. The van der Waals surface area contributed by atoms with Crippen LogP contribution in [0.4, 0.5) is 11.6 Å². The molecule has 0 radical (unpaired) electrons. The number of benzene rings is 1. The second-order valence-corrected chi connectivity index (χ2v) is 6.89. The third-order valence-electron chi connectivity index (χ3n) is 5.02. The summed E-state index contributed by atoms with van der Waals surface area (Å²) in [6.07, 6.45) is 3.23. The van der Waals surface area contributed by atoms with Crippen LogP contribution in [0.15, 0.2) is 47.4 Å². The SMILES string of the molecule is CC(=O)N(c1ncc2c(N)cc(=O)n(-c3ccccc3)c2n1)C1CCNCC1. The van der Waals surface area contributed by atoms with Crippen LogP contribution < -0.4 is 21.5 Å². The van der Waals surface area contributed by atoms with Crippen LogP contribution >= 0.6 is 0 Å². The molecule has 0 atom stereocenters. The van der Waals surface area contributed by atoms with Gasteiger partial charge in [-0.05, 0) is 38.1 Å². The van der Waals surface area contributed by atoms with Crippen LogP contribution in [-0.4, -0.2) is 39.6 Å². The minimum Gasteiger partial charge on any atom is -0.398 e. The lowest BCUT2D eigenvalue weighted by Crippen LogP contribution is -2.46. The van der Waals surface area contributed by atoms with Crippen molar-refractivity contribution >= 4 is 28.6 Å². The summed E-state index contributed by atoms with van der Waals surface area (Å²) in [6.45, 7) is 3.19. The lowest BCUT2D eigenvalue weighted by atomic mass is 10.1. The number of nitrogens with one attached hydrogen (secondary N) is 1. The van der Waals surface area contributed by atoms with E-state index in [0.717, 1.165) is 25.9 Å². The van der Waals surface area contributed by atoms with Crippen LogP contribution in [0.25, 0.3) is 16.7 Å². The first kappa shape index (κ1) is 18.1. The van der Waals surface area contributed by atoms with Gasteiger partial charge in [-0.2, -0.15) is 4.98 Å². The smallest absolute Gasteiger partial charge is 0.258 e. The Kier molecular flexibility index (Phi) is 4.79. The van der Waals surface area contributed by atoms with Gasteiger partial charge in [0.1, 0.15) is 0 Å². The number of nitrogen functional groups attached to an aromatic ring is 1. The number of hydrogen-bond donors (Lipinski definition) is 2. The number of fused-ring (bicyclic) bond motifs is 1. The predicted octanol–water partition coefficient (Wildman–Crippen LogP) is 1.47. The van der Waals surface area contributed by atoms with Crippen molar-refractivity contribution in [3.63, 3.8) is 0 Å². The highest BCUT2D eigenvalue weighted by atomic mass is 16.2. The zero-order valence-corrected chi connectivity index (χ0v) is 15.6. The molecule has 28 heavy (non-hydrogen) atoms. The Morgan fingerprint density at radius 2 is 1.96 bits per heavy atom. The molecule has 1 fully saturated rings. The third-order valence-corrected chi connectivity index (χ3v) is 5.02. The van der Waals surface area contributed by atoms with Crippen molar-refractivity contribution in [2.75, 3.05) is 23.7 Å². The number of nitrogens with two attached hydrogens (primary N) is 1. The molecule has 144 valence electrons. The topological polar surface area (TPSA) is 106 Å². The lowest BCUT2D eigenvalue weighted by Gasteiger charge is -2.32. The zero-order chi connectivity index (χ0) is 19.7. The van der Waals surface area contributed by atoms with E-state index in [4.69, 9.17) is 5.73 Å². The first-order valence-corrected chi connectivity index (χ1v) is 9.30. The molecule has 1 aliphatic heterocycles. The van der Waals surface area contributed by atoms with Gasteiger partial charge in [-0.3, -0.25) is 19.1 Å². The molecular formula is C20H22N6O2. The summed E-state index contributed by atoms with van der Waals surface area (Å²) in [5.41, 5.74) is 7.15. The number of piperidine rings is 1. The first-order valence-electron chi connectivity index (χ1n) is 9.30. The van der Waals surface area contributed by atoms with Gasteiger partial charge in [-0.1, -0.05) is 18.2 Å². The van der Waals surface area contributed by atoms with E-state index >= 15 is 0 Å². The Hall–Kier alpha value is -3.26. The van der Waals surface area contributed by atoms with Crippen LogP contribution in [0.3, 0.4) is 0 Å². The highest BCUT2D eigenvalue weighted by Crippen LogP contribution is 2.24. The number of pyridine rings is 1. The van der Waals surface area contributed by atoms with E-state index in [9.17, 15) is 9.59 Å². The average molecular weight is 378 g/mol. The summed E-state index contributed by atoms with van der Waals surface area (Å²) in [7, 11) is 0. The molecule has 2 aromatic heterocycles. The average Bonchev–Trinajstić information content (AvgIpc) is 2.69. The number of hydrogen-bond acceptors (Lipinski definition) is 6. The summed E-state index contributed by atoms with van der Waals surface area (Å²) in [4.78, 5) is 35.8. The molecule has 4 rings (SSSR count). The fourth-order valence-corrected chi connectivity index (χ4v) is 3.69. The Bertz CT molecular complexity index is 1070. The normalized spacial score (nSPS) is 14.9. The van der Waals surface area contributed by atoms with Crippen LogP contribution in [0.5, 0.6) is 0 Å². The van der Waals surface area contributed by atoms with Crippen molar-refractivity contribution in [3.8, 4) is 5.69 Å². The second kappa shape index (κ2) is 7.40. The highest BCUT2D eigenvalue weighted by molar-refractivity contribution is 5.93. The van der Waals surface area contributed by atoms with E-state index in [-0.39, 0.29) is 17.5 Å². The van der Waals surface area contributed by atoms with Crippen molar-refractivity contribution in [2.45, 2.75) is 25.8 Å². The van der Waals surface area contributed by atoms with Gasteiger partial charge in [0.2, 0.25) is 11.9 Å². The van der Waals surface area contributed by atoms with Gasteiger partial charge >= 0.3 is 0 Å². The molecule has 0 spiro atoms. The Labute approximate surface area is 162 Å². The van der Waals surface area contributed by atoms with Gasteiger partial charge in [0, 0.05) is 30.9 Å². The van der Waals surface area contributed by atoms with Crippen LogP contribution in [0.1, 0.15) is 19.8 Å². The predicted molar refractivity (Wildman–Crippen MR) is 109 cm³/mol. The van der Waals surface area contributed by atoms with Gasteiger partial charge in [-0.25, -0.2) is 4.98 Å². The number of nitrogens with zero attached hydrogens (tertiary/aromatic N) is 4. The van der Waals surface area contributed by atoms with Crippen LogP contribution in [0.2, 0.25) is 0 Å². The molecule has 8 heteroatoms. The molecular weight excluding hydrogens is 356 g/mol. The summed E-state index contributed by atoms with van der Waals surface area (Å²) in [6, 6.07) is 10.6. The van der Waals surface area contributed by atoms with Gasteiger partial charge in [0.15, 0.2) is 5.65 Å². The molecule has 3 aromatic rings. The summed E-state index contributed by atoms with van der Waals surface area (Å²) >= 11 is 0. The maximum atomic E-state index is 12.7. The number of para-hydroxylation sites is 1. The molecule has 0 unspecified atom stereocenters. The van der Waals surface area contributed by atoms with E-state index in [1.54, 1.807) is 11.1 Å². The molecule has 0 saturated carbocycles. The number of aromatic nitrogens is 3. The van der Waals surface area contributed by atoms with Gasteiger partial charge in [0.25, 0.3) is 5.56 Å². The maximum absolute atomic E-state index is 12.7. The van der Waals surface area contributed by atoms with Gasteiger partial charge in [0.05, 0.1) is 11.1 Å². The monoisotopic (exact) mass is 378 g/mol. The van der Waals surface area contributed by atoms with Crippen molar-refractivity contribution < 1.29 is 4.79 Å². The Morgan fingerprint density at radius 1 is 1.25 bits per heavy atom. The van der Waals surface area contributed by atoms with E-state index in [2.05, 4.69) is 15.3 Å². The van der Waals surface area contributed by atoms with Crippen molar-refractivity contribution in [2.24, 2.45) is 0 Å². The molecule has 8 nitrogen and oxygen atoms in total. The fourth-order valence-electron chi connectivity index (χ4n) is 3.69. The summed E-state index contributed by atoms with van der Waals surface area (Å²) < 4.78 is 1.50. The molecule has 0 aliphatic carbocycles. The molecule has 1 aromatic carbocycles. The van der Waals surface area contributed by atoms with Crippen molar-refractivity contribution in [1.29, 1.82) is 0 Å². The van der Waals surface area contributed by atoms with E-state index in [0.29, 0.717) is 28.4 Å². The van der Waals surface area contributed by atoms with Crippen molar-refractivity contribution in [3.05, 3.63) is 52.9 Å². The highest BCUT2D eigenvalue weighted by Gasteiger charge is 2.27. The standard InChI is InChI=1S/C20H22N6O2/c1-13(27)25(15-7-9-22-10-8-15)20-23-12-16-17(21)11-18(28)26(19(16)24-20)14-5-3-2-4-6-14/h2-6,11-12,15,22H,7-10,21H2,1H3. The van der Waals surface area contributed by atoms with Crippen molar-refractivity contribution in [1.82, 2.24) is 19.9 Å². The number of carbonyl (C=O) groups excluding carboxylic acids is 1. The van der Waals surface area contributed by atoms with E-state index in [1.165, 1.54) is 17.6 Å². The van der Waals surface area contributed by atoms with Gasteiger partial charge < -0.3 is 11.1 Å². The van der Waals surface area contributed by atoms with E-state index in [1.807, 2.05) is 30.3 Å². The molecule has 3 N–H and O–H groups in total. The summed E-state index contributed by atoms with van der Waals surface area (Å²) in [5.74, 6) is 0.172.